The number of hydrogen-bond acceptors (Lipinski definition) is 5. The van der Waals surface area contributed by atoms with Crippen molar-refractivity contribution in [2.45, 2.75) is 51.3 Å². The summed E-state index contributed by atoms with van der Waals surface area (Å²) in [6.07, 6.45) is 7.27. The monoisotopic (exact) mass is 304 g/mol. The van der Waals surface area contributed by atoms with Crippen molar-refractivity contribution in [3.8, 4) is 0 Å². The molecule has 0 spiro atoms. The van der Waals surface area contributed by atoms with Gasteiger partial charge in [-0.25, -0.2) is 0 Å². The Balaban J connectivity index is 1.69. The predicted octanol–water partition coefficient (Wildman–Crippen LogP) is 1.24. The fourth-order valence-corrected chi connectivity index (χ4v) is 2.96. The van der Waals surface area contributed by atoms with Crippen molar-refractivity contribution in [1.82, 2.24) is 30.1 Å². The fourth-order valence-electron chi connectivity index (χ4n) is 2.96. The predicted molar refractivity (Wildman–Crippen MR) is 82.0 cm³/mol. The van der Waals surface area contributed by atoms with Gasteiger partial charge in [-0.1, -0.05) is 0 Å². The summed E-state index contributed by atoms with van der Waals surface area (Å²) in [6, 6.07) is 0. The minimum absolute atomic E-state index is 0.0123. The first kappa shape index (κ1) is 15.2. The molecule has 1 saturated heterocycles. The molecule has 22 heavy (non-hydrogen) atoms. The van der Waals surface area contributed by atoms with Crippen LogP contribution in [0.25, 0.3) is 0 Å². The van der Waals surface area contributed by atoms with Crippen LogP contribution in [0.2, 0.25) is 0 Å². The Bertz CT molecular complexity index is 614. The van der Waals surface area contributed by atoms with E-state index in [2.05, 4.69) is 52.4 Å². The van der Waals surface area contributed by atoms with Crippen LogP contribution in [0, 0.1) is 0 Å². The van der Waals surface area contributed by atoms with Gasteiger partial charge < -0.3 is 5.11 Å². The van der Waals surface area contributed by atoms with Crippen LogP contribution in [0.1, 0.15) is 44.9 Å². The van der Waals surface area contributed by atoms with Gasteiger partial charge in [0.1, 0.15) is 11.3 Å². The second-order valence-electron chi connectivity index (χ2n) is 7.17. The Kier molecular flexibility index (Phi) is 3.78. The van der Waals surface area contributed by atoms with Crippen LogP contribution in [-0.2, 0) is 17.7 Å². The molecule has 2 aromatic heterocycles. The lowest BCUT2D eigenvalue weighted by atomic mass is 9.90. The molecule has 1 unspecified atom stereocenters. The number of aromatic nitrogens is 5. The van der Waals surface area contributed by atoms with Gasteiger partial charge in [0.15, 0.2) is 0 Å². The fraction of sp³-hybridized carbons (Fsp3) is 0.667. The van der Waals surface area contributed by atoms with Gasteiger partial charge in [0.25, 0.3) is 0 Å². The molecule has 7 nitrogen and oxygen atoms in total. The number of aliphatic hydroxyl groups is 1. The van der Waals surface area contributed by atoms with Crippen LogP contribution < -0.4 is 0 Å². The molecular formula is C15H24N6O. The molecule has 1 aliphatic rings. The number of piperidine rings is 1. The van der Waals surface area contributed by atoms with Gasteiger partial charge in [-0.3, -0.25) is 9.58 Å². The molecule has 120 valence electrons. The first-order valence-corrected chi connectivity index (χ1v) is 7.72. The van der Waals surface area contributed by atoms with E-state index in [0.29, 0.717) is 12.2 Å². The Labute approximate surface area is 130 Å². The lowest BCUT2D eigenvalue weighted by Crippen LogP contribution is -2.45. The van der Waals surface area contributed by atoms with Gasteiger partial charge in [-0.2, -0.15) is 20.5 Å². The SMILES string of the molecule is CC(C)(C)n1cc(CN2CCCC(O)(c3cn[nH]n3)C2)cn1. The smallest absolute Gasteiger partial charge is 0.123 e. The molecule has 0 radical (unpaired) electrons. The third kappa shape index (κ3) is 3.05. The number of β-amino-alcohol motifs (C(OH)–C–C–N with tert-alkyl or cyclic N) is 1. The van der Waals surface area contributed by atoms with Gasteiger partial charge >= 0.3 is 0 Å². The minimum atomic E-state index is -0.911. The molecule has 0 bridgehead atoms. The number of hydrogen-bond donors (Lipinski definition) is 2. The van der Waals surface area contributed by atoms with Crippen LogP contribution in [0.15, 0.2) is 18.6 Å². The third-order valence-electron chi connectivity index (χ3n) is 4.17. The first-order chi connectivity index (χ1) is 10.4. The molecule has 7 heteroatoms. The Hall–Kier alpha value is -1.73. The summed E-state index contributed by atoms with van der Waals surface area (Å²) in [6.45, 7) is 8.73. The maximum Gasteiger partial charge on any atom is 0.123 e. The second kappa shape index (κ2) is 5.48. The Morgan fingerprint density at radius 2 is 2.18 bits per heavy atom. The van der Waals surface area contributed by atoms with Crippen LogP contribution >= 0.6 is 0 Å². The Morgan fingerprint density at radius 1 is 1.36 bits per heavy atom. The lowest BCUT2D eigenvalue weighted by Gasteiger charge is -2.37. The van der Waals surface area contributed by atoms with Crippen molar-refractivity contribution >= 4 is 0 Å². The van der Waals surface area contributed by atoms with Gasteiger partial charge in [0.05, 0.1) is 17.9 Å². The summed E-state index contributed by atoms with van der Waals surface area (Å²) in [5.41, 5.74) is 0.870. The highest BCUT2D eigenvalue weighted by molar-refractivity contribution is 5.11. The second-order valence-corrected chi connectivity index (χ2v) is 7.17. The van der Waals surface area contributed by atoms with E-state index >= 15 is 0 Å². The average molecular weight is 304 g/mol. The summed E-state index contributed by atoms with van der Waals surface area (Å²) in [5, 5.41) is 25.7. The van der Waals surface area contributed by atoms with Gasteiger partial charge in [0.2, 0.25) is 0 Å². The normalized spacial score (nSPS) is 23.8. The summed E-state index contributed by atoms with van der Waals surface area (Å²) in [4.78, 5) is 2.25. The zero-order valence-corrected chi connectivity index (χ0v) is 13.5. The molecule has 3 heterocycles. The van der Waals surface area contributed by atoms with Crippen molar-refractivity contribution in [3.63, 3.8) is 0 Å². The lowest BCUT2D eigenvalue weighted by molar-refractivity contribution is -0.0414. The van der Waals surface area contributed by atoms with Crippen molar-refractivity contribution in [2.24, 2.45) is 0 Å². The third-order valence-corrected chi connectivity index (χ3v) is 4.17. The molecule has 0 amide bonds. The van der Waals surface area contributed by atoms with E-state index in [1.165, 1.54) is 5.56 Å². The Morgan fingerprint density at radius 3 is 2.82 bits per heavy atom. The topological polar surface area (TPSA) is 82.9 Å². The number of nitrogens with zero attached hydrogens (tertiary/aromatic N) is 5. The quantitative estimate of drug-likeness (QED) is 0.891. The summed E-state index contributed by atoms with van der Waals surface area (Å²) >= 11 is 0. The van der Waals surface area contributed by atoms with E-state index in [0.717, 1.165) is 25.9 Å². The molecule has 1 fully saturated rings. The van der Waals surface area contributed by atoms with Crippen molar-refractivity contribution < 1.29 is 5.11 Å². The molecule has 1 atom stereocenters. The van der Waals surface area contributed by atoms with Crippen molar-refractivity contribution in [3.05, 3.63) is 29.8 Å². The molecule has 3 rings (SSSR count). The molecule has 0 aliphatic carbocycles. The molecular weight excluding hydrogens is 280 g/mol. The molecule has 0 saturated carbocycles. The standard InChI is InChI=1S/C15H24N6O/c1-14(2,3)21-10-12(7-17-21)9-20-6-4-5-15(22,11-20)13-8-16-19-18-13/h7-8,10,22H,4-6,9,11H2,1-3H3,(H,16,18,19). The summed E-state index contributed by atoms with van der Waals surface area (Å²) in [7, 11) is 0. The van der Waals surface area contributed by atoms with E-state index in [1.807, 2.05) is 10.9 Å². The number of nitrogens with one attached hydrogen (secondary N) is 1. The number of rotatable bonds is 3. The summed E-state index contributed by atoms with van der Waals surface area (Å²) in [5.74, 6) is 0. The first-order valence-electron chi connectivity index (χ1n) is 7.72. The maximum absolute atomic E-state index is 10.8. The molecule has 2 aromatic rings. The van der Waals surface area contributed by atoms with E-state index in [-0.39, 0.29) is 5.54 Å². The van der Waals surface area contributed by atoms with Gasteiger partial charge in [-0.05, 0) is 40.2 Å². The highest BCUT2D eigenvalue weighted by Gasteiger charge is 2.37. The number of likely N-dealkylation sites (tertiary alicyclic amines) is 1. The van der Waals surface area contributed by atoms with Gasteiger partial charge in [0, 0.05) is 24.8 Å². The average Bonchev–Trinajstić information content (AvgIpc) is 3.09. The number of aromatic amines is 1. The van der Waals surface area contributed by atoms with Crippen LogP contribution in [0.4, 0.5) is 0 Å². The van der Waals surface area contributed by atoms with Gasteiger partial charge in [-0.15, -0.1) is 0 Å². The number of H-pyrrole nitrogens is 1. The largest absolute Gasteiger partial charge is 0.382 e. The van der Waals surface area contributed by atoms with E-state index in [9.17, 15) is 5.11 Å². The van der Waals surface area contributed by atoms with Crippen molar-refractivity contribution in [1.29, 1.82) is 0 Å². The van der Waals surface area contributed by atoms with E-state index < -0.39 is 5.60 Å². The highest BCUT2D eigenvalue weighted by Crippen LogP contribution is 2.30. The van der Waals surface area contributed by atoms with Crippen molar-refractivity contribution in [2.75, 3.05) is 13.1 Å². The van der Waals surface area contributed by atoms with E-state index in [4.69, 9.17) is 0 Å². The van der Waals surface area contributed by atoms with Crippen LogP contribution in [-0.4, -0.2) is 48.3 Å². The summed E-state index contributed by atoms with van der Waals surface area (Å²) < 4.78 is 1.98. The minimum Gasteiger partial charge on any atom is -0.382 e. The highest BCUT2D eigenvalue weighted by atomic mass is 16.3. The van der Waals surface area contributed by atoms with Crippen LogP contribution in [0.5, 0.6) is 0 Å². The zero-order chi connectivity index (χ0) is 15.8. The molecule has 2 N–H and O–H groups in total. The van der Waals surface area contributed by atoms with Crippen LogP contribution in [0.3, 0.4) is 0 Å². The zero-order valence-electron chi connectivity index (χ0n) is 13.5. The molecule has 0 aromatic carbocycles. The molecule has 1 aliphatic heterocycles. The maximum atomic E-state index is 10.8. The van der Waals surface area contributed by atoms with E-state index in [1.54, 1.807) is 6.20 Å².